The first kappa shape index (κ1) is 10.7. The second-order valence-corrected chi connectivity index (χ2v) is 2.85. The molecule has 5 nitrogen and oxygen atoms in total. The maximum atomic E-state index is 11.3. The number of carbonyl (C=O) groups excluding carboxylic acids is 2. The number of esters is 1. The number of aryl methyl sites for hydroxylation is 1. The van der Waals surface area contributed by atoms with Crippen LogP contribution in [0.15, 0.2) is 6.20 Å². The van der Waals surface area contributed by atoms with Crippen LogP contribution in [0.2, 0.25) is 0 Å². The van der Waals surface area contributed by atoms with Crippen LogP contribution < -0.4 is 0 Å². The van der Waals surface area contributed by atoms with E-state index in [1.807, 2.05) is 0 Å². The Labute approximate surface area is 85.6 Å². The number of alkyl halides is 1. The summed E-state index contributed by atoms with van der Waals surface area (Å²) in [6, 6.07) is 0. The minimum Gasteiger partial charge on any atom is -0.465 e. The van der Waals surface area contributed by atoms with Gasteiger partial charge in [0, 0.05) is 7.05 Å². The van der Waals surface area contributed by atoms with Crippen LogP contribution in [-0.4, -0.2) is 34.5 Å². The van der Waals surface area contributed by atoms with Gasteiger partial charge >= 0.3 is 5.97 Å². The van der Waals surface area contributed by atoms with E-state index in [0.717, 1.165) is 0 Å². The largest absolute Gasteiger partial charge is 0.465 e. The summed E-state index contributed by atoms with van der Waals surface area (Å²) in [6.45, 7) is 0. The molecule has 0 saturated carbocycles. The molecule has 6 heteroatoms. The van der Waals surface area contributed by atoms with Gasteiger partial charge in [-0.05, 0) is 0 Å². The number of ether oxygens (including phenoxy) is 1. The zero-order valence-electron chi connectivity index (χ0n) is 7.78. The molecule has 0 radical (unpaired) electrons. The average molecular weight is 217 g/mol. The zero-order valence-corrected chi connectivity index (χ0v) is 8.54. The van der Waals surface area contributed by atoms with Crippen molar-refractivity contribution in [1.82, 2.24) is 9.78 Å². The Kier molecular flexibility index (Phi) is 3.24. The molecule has 1 aromatic rings. The van der Waals surface area contributed by atoms with E-state index in [9.17, 15) is 9.59 Å². The Morgan fingerprint density at radius 1 is 1.64 bits per heavy atom. The van der Waals surface area contributed by atoms with Crippen molar-refractivity contribution < 1.29 is 14.3 Å². The summed E-state index contributed by atoms with van der Waals surface area (Å²) in [5.41, 5.74) is 0.313. The van der Waals surface area contributed by atoms with Crippen LogP contribution in [0, 0.1) is 0 Å². The summed E-state index contributed by atoms with van der Waals surface area (Å²) in [5.74, 6) is -1.14. The second-order valence-electron chi connectivity index (χ2n) is 2.58. The molecule has 0 bridgehead atoms. The molecule has 0 spiro atoms. The standard InChI is InChI=1S/C8H9ClN2O3/c1-11-7(6(12)3-9)5(4-10-11)8(13)14-2/h4H,3H2,1-2H3. The third-order valence-corrected chi connectivity index (χ3v) is 1.97. The predicted molar refractivity (Wildman–Crippen MR) is 49.6 cm³/mol. The number of hydrogen-bond acceptors (Lipinski definition) is 4. The summed E-state index contributed by atoms with van der Waals surface area (Å²) < 4.78 is 5.80. The summed E-state index contributed by atoms with van der Waals surface area (Å²) in [5, 5.41) is 3.79. The van der Waals surface area contributed by atoms with E-state index in [-0.39, 0.29) is 22.9 Å². The molecule has 1 aromatic heterocycles. The van der Waals surface area contributed by atoms with E-state index in [1.165, 1.54) is 18.0 Å². The van der Waals surface area contributed by atoms with E-state index in [0.29, 0.717) is 0 Å². The number of nitrogens with zero attached hydrogens (tertiary/aromatic N) is 2. The molecular weight excluding hydrogens is 208 g/mol. The lowest BCUT2D eigenvalue weighted by atomic mass is 10.2. The van der Waals surface area contributed by atoms with Crippen LogP contribution in [0.4, 0.5) is 0 Å². The first-order valence-electron chi connectivity index (χ1n) is 3.81. The maximum absolute atomic E-state index is 11.3. The van der Waals surface area contributed by atoms with Crippen molar-refractivity contribution in [3.05, 3.63) is 17.5 Å². The van der Waals surface area contributed by atoms with Crippen molar-refractivity contribution in [3.8, 4) is 0 Å². The highest BCUT2D eigenvalue weighted by atomic mass is 35.5. The fraction of sp³-hybridized carbons (Fsp3) is 0.375. The molecule has 0 aromatic carbocycles. The highest BCUT2D eigenvalue weighted by Crippen LogP contribution is 2.10. The van der Waals surface area contributed by atoms with Crippen LogP contribution in [0.25, 0.3) is 0 Å². The van der Waals surface area contributed by atoms with Crippen molar-refractivity contribution in [2.45, 2.75) is 0 Å². The zero-order chi connectivity index (χ0) is 10.7. The number of hydrogen-bond donors (Lipinski definition) is 0. The van der Waals surface area contributed by atoms with Crippen LogP contribution >= 0.6 is 11.6 Å². The molecule has 76 valence electrons. The van der Waals surface area contributed by atoms with Gasteiger partial charge in [-0.15, -0.1) is 11.6 Å². The lowest BCUT2D eigenvalue weighted by Crippen LogP contribution is -2.13. The normalized spacial score (nSPS) is 9.93. The molecule has 14 heavy (non-hydrogen) atoms. The molecule has 0 amide bonds. The van der Waals surface area contributed by atoms with Gasteiger partial charge in [0.1, 0.15) is 11.3 Å². The molecule has 1 rings (SSSR count). The Bertz CT molecular complexity index is 373. The van der Waals surface area contributed by atoms with Gasteiger partial charge in [-0.2, -0.15) is 5.10 Å². The molecule has 0 fully saturated rings. The van der Waals surface area contributed by atoms with Crippen LogP contribution in [0.3, 0.4) is 0 Å². The summed E-state index contributed by atoms with van der Waals surface area (Å²) in [4.78, 5) is 22.5. The molecular formula is C8H9ClN2O3. The Morgan fingerprint density at radius 3 is 2.79 bits per heavy atom. The SMILES string of the molecule is COC(=O)c1cnn(C)c1C(=O)CCl. The van der Waals surface area contributed by atoms with Gasteiger partial charge in [-0.3, -0.25) is 9.48 Å². The first-order chi connectivity index (χ1) is 6.61. The van der Waals surface area contributed by atoms with E-state index in [4.69, 9.17) is 11.6 Å². The molecule has 0 atom stereocenters. The van der Waals surface area contributed by atoms with E-state index >= 15 is 0 Å². The molecule has 0 N–H and O–H groups in total. The van der Waals surface area contributed by atoms with Crippen molar-refractivity contribution >= 4 is 23.4 Å². The van der Waals surface area contributed by atoms with Gasteiger partial charge in [0.25, 0.3) is 0 Å². The topological polar surface area (TPSA) is 61.2 Å². The first-order valence-corrected chi connectivity index (χ1v) is 4.34. The molecule has 0 saturated heterocycles. The van der Waals surface area contributed by atoms with Gasteiger partial charge in [0.05, 0.1) is 19.2 Å². The van der Waals surface area contributed by atoms with Crippen molar-refractivity contribution in [2.24, 2.45) is 7.05 Å². The van der Waals surface area contributed by atoms with Crippen molar-refractivity contribution in [3.63, 3.8) is 0 Å². The predicted octanol–water partition coefficient (Wildman–Crippen LogP) is 0.628. The summed E-state index contributed by atoms with van der Waals surface area (Å²) >= 11 is 5.39. The second kappa shape index (κ2) is 4.23. The maximum Gasteiger partial charge on any atom is 0.341 e. The third kappa shape index (κ3) is 1.77. The van der Waals surface area contributed by atoms with E-state index in [2.05, 4.69) is 9.84 Å². The summed E-state index contributed by atoms with van der Waals surface area (Å²) in [7, 11) is 2.80. The monoisotopic (exact) mass is 216 g/mol. The van der Waals surface area contributed by atoms with Gasteiger partial charge in [-0.1, -0.05) is 0 Å². The van der Waals surface area contributed by atoms with Crippen LogP contribution in [0.5, 0.6) is 0 Å². The molecule has 0 unspecified atom stereocenters. The van der Waals surface area contributed by atoms with Crippen molar-refractivity contribution in [1.29, 1.82) is 0 Å². The lowest BCUT2D eigenvalue weighted by molar-refractivity contribution is 0.0597. The smallest absolute Gasteiger partial charge is 0.341 e. The fourth-order valence-corrected chi connectivity index (χ4v) is 1.22. The highest BCUT2D eigenvalue weighted by Gasteiger charge is 2.21. The minimum atomic E-state index is -0.591. The quantitative estimate of drug-likeness (QED) is 0.422. The number of halogens is 1. The fourth-order valence-electron chi connectivity index (χ4n) is 1.09. The van der Waals surface area contributed by atoms with Crippen LogP contribution in [0.1, 0.15) is 20.8 Å². The molecule has 0 aliphatic rings. The Balaban J connectivity index is 3.19. The Morgan fingerprint density at radius 2 is 2.29 bits per heavy atom. The average Bonchev–Trinajstić information content (AvgIpc) is 2.58. The van der Waals surface area contributed by atoms with E-state index in [1.54, 1.807) is 7.05 Å². The number of ketones is 1. The number of methoxy groups -OCH3 is 1. The Hall–Kier alpha value is -1.36. The lowest BCUT2D eigenvalue weighted by Gasteiger charge is -2.01. The summed E-state index contributed by atoms with van der Waals surface area (Å²) in [6.07, 6.45) is 1.28. The highest BCUT2D eigenvalue weighted by molar-refractivity contribution is 6.31. The number of aromatic nitrogens is 2. The van der Waals surface area contributed by atoms with Crippen molar-refractivity contribution in [2.75, 3.05) is 13.0 Å². The van der Waals surface area contributed by atoms with Gasteiger partial charge in [0.2, 0.25) is 0 Å². The van der Waals surface area contributed by atoms with E-state index < -0.39 is 5.97 Å². The number of rotatable bonds is 3. The number of Topliss-reactive ketones (excluding diaryl/α,β-unsaturated/α-hetero) is 1. The van der Waals surface area contributed by atoms with Gasteiger partial charge in [-0.25, -0.2) is 4.79 Å². The minimum absolute atomic E-state index is 0.139. The van der Waals surface area contributed by atoms with Gasteiger partial charge < -0.3 is 4.74 Å². The molecule has 0 aliphatic heterocycles. The van der Waals surface area contributed by atoms with Crippen LogP contribution in [-0.2, 0) is 11.8 Å². The third-order valence-electron chi connectivity index (χ3n) is 1.73. The molecule has 0 aliphatic carbocycles. The molecule has 1 heterocycles. The number of carbonyl (C=O) groups is 2. The van der Waals surface area contributed by atoms with Gasteiger partial charge in [0.15, 0.2) is 5.78 Å².